The summed E-state index contributed by atoms with van der Waals surface area (Å²) in [5.74, 6) is 0. The van der Waals surface area contributed by atoms with Crippen LogP contribution in [0.15, 0.2) is 0 Å². The number of hydrogen-bond donors (Lipinski definition) is 1. The molecule has 0 aromatic rings. The maximum absolute atomic E-state index is 3.37. The van der Waals surface area contributed by atoms with Crippen LogP contribution in [-0.4, -0.2) is 12.6 Å². The highest BCUT2D eigenvalue weighted by Crippen LogP contribution is 2.15. The molecule has 0 saturated heterocycles. The van der Waals surface area contributed by atoms with Crippen LogP contribution in [0.3, 0.4) is 0 Å². The summed E-state index contributed by atoms with van der Waals surface area (Å²) < 4.78 is 0. The van der Waals surface area contributed by atoms with E-state index in [1.807, 2.05) is 0 Å². The van der Waals surface area contributed by atoms with E-state index in [1.54, 1.807) is 0 Å². The van der Waals surface area contributed by atoms with E-state index in [0.29, 0.717) is 5.54 Å². The Bertz CT molecular complexity index is 140. The summed E-state index contributed by atoms with van der Waals surface area (Å²) in [6.45, 7) is 6.86. The summed E-state index contributed by atoms with van der Waals surface area (Å²) in [5.41, 5.74) is 0.334. The second kappa shape index (κ2) is 10.1. The summed E-state index contributed by atoms with van der Waals surface area (Å²) in [5, 5.41) is 3.37. The summed E-state index contributed by atoms with van der Waals surface area (Å²) in [7, 11) is 2.06. The van der Waals surface area contributed by atoms with Gasteiger partial charge in [0, 0.05) is 5.54 Å². The molecule has 0 aromatic heterocycles. The summed E-state index contributed by atoms with van der Waals surface area (Å²) in [6.07, 6.45) is 14.1. The van der Waals surface area contributed by atoms with Crippen molar-refractivity contribution in [3.05, 3.63) is 0 Å². The van der Waals surface area contributed by atoms with Crippen LogP contribution in [0.5, 0.6) is 0 Å². The molecule has 0 unspecified atom stereocenters. The molecule has 0 spiro atoms. The lowest BCUT2D eigenvalue weighted by Crippen LogP contribution is -2.35. The Kier molecular flexibility index (Phi) is 10.1. The Morgan fingerprint density at radius 1 is 0.750 bits per heavy atom. The summed E-state index contributed by atoms with van der Waals surface area (Å²) >= 11 is 0. The van der Waals surface area contributed by atoms with Crippen LogP contribution in [0, 0.1) is 0 Å². The topological polar surface area (TPSA) is 12.0 Å². The summed E-state index contributed by atoms with van der Waals surface area (Å²) in [4.78, 5) is 0. The summed E-state index contributed by atoms with van der Waals surface area (Å²) in [6, 6.07) is 0. The first-order chi connectivity index (χ1) is 7.62. The maximum atomic E-state index is 3.37. The molecule has 16 heavy (non-hydrogen) atoms. The molecule has 0 bridgehead atoms. The van der Waals surface area contributed by atoms with Gasteiger partial charge in [-0.25, -0.2) is 0 Å². The van der Waals surface area contributed by atoms with E-state index < -0.39 is 0 Å². The minimum absolute atomic E-state index is 0.334. The molecule has 0 atom stereocenters. The average molecular weight is 227 g/mol. The fourth-order valence-corrected chi connectivity index (χ4v) is 2.00. The van der Waals surface area contributed by atoms with Gasteiger partial charge in [0.05, 0.1) is 0 Å². The van der Waals surface area contributed by atoms with Gasteiger partial charge in [-0.1, -0.05) is 64.7 Å². The molecule has 0 aromatic carbocycles. The Morgan fingerprint density at radius 3 is 1.62 bits per heavy atom. The lowest BCUT2D eigenvalue weighted by molar-refractivity contribution is 0.373. The SMILES string of the molecule is CCCCCCCCCCCC(C)(C)NC. The molecule has 0 amide bonds. The van der Waals surface area contributed by atoms with E-state index in [9.17, 15) is 0 Å². The number of unbranched alkanes of at least 4 members (excludes halogenated alkanes) is 8. The van der Waals surface area contributed by atoms with Crippen molar-refractivity contribution >= 4 is 0 Å². The van der Waals surface area contributed by atoms with Crippen LogP contribution < -0.4 is 5.32 Å². The largest absolute Gasteiger partial charge is 0.315 e. The first-order valence-electron chi connectivity index (χ1n) is 7.31. The van der Waals surface area contributed by atoms with Crippen molar-refractivity contribution in [3.63, 3.8) is 0 Å². The normalized spacial score (nSPS) is 12.0. The van der Waals surface area contributed by atoms with Crippen molar-refractivity contribution in [1.29, 1.82) is 0 Å². The van der Waals surface area contributed by atoms with Gasteiger partial charge in [-0.05, 0) is 27.3 Å². The van der Waals surface area contributed by atoms with Crippen LogP contribution in [0.1, 0.15) is 85.0 Å². The second-order valence-corrected chi connectivity index (χ2v) is 5.71. The molecule has 0 aliphatic carbocycles. The minimum Gasteiger partial charge on any atom is -0.315 e. The quantitative estimate of drug-likeness (QED) is 0.495. The van der Waals surface area contributed by atoms with Crippen molar-refractivity contribution in [2.45, 2.75) is 90.5 Å². The van der Waals surface area contributed by atoms with Crippen molar-refractivity contribution < 1.29 is 0 Å². The Hall–Kier alpha value is -0.0400. The van der Waals surface area contributed by atoms with Gasteiger partial charge in [0.15, 0.2) is 0 Å². The van der Waals surface area contributed by atoms with E-state index >= 15 is 0 Å². The average Bonchev–Trinajstić information content (AvgIpc) is 2.27. The van der Waals surface area contributed by atoms with Gasteiger partial charge in [0.2, 0.25) is 0 Å². The smallest absolute Gasteiger partial charge is 0.0122 e. The number of nitrogens with one attached hydrogen (secondary N) is 1. The third-order valence-corrected chi connectivity index (χ3v) is 3.58. The molecular weight excluding hydrogens is 194 g/mol. The lowest BCUT2D eigenvalue weighted by atomic mass is 9.96. The molecule has 0 radical (unpaired) electrons. The van der Waals surface area contributed by atoms with Crippen molar-refractivity contribution in [1.82, 2.24) is 5.32 Å². The Balaban J connectivity index is 3.10. The molecule has 0 heterocycles. The zero-order chi connectivity index (χ0) is 12.3. The Morgan fingerprint density at radius 2 is 1.19 bits per heavy atom. The highest BCUT2D eigenvalue weighted by molar-refractivity contribution is 4.74. The van der Waals surface area contributed by atoms with E-state index in [2.05, 4.69) is 33.1 Å². The predicted molar refractivity (Wildman–Crippen MR) is 75.0 cm³/mol. The molecule has 1 N–H and O–H groups in total. The molecular formula is C15H33N. The fourth-order valence-electron chi connectivity index (χ4n) is 2.00. The van der Waals surface area contributed by atoms with Crippen molar-refractivity contribution in [2.24, 2.45) is 0 Å². The standard InChI is InChI=1S/C15H33N/c1-5-6-7-8-9-10-11-12-13-14-15(2,3)16-4/h16H,5-14H2,1-4H3. The van der Waals surface area contributed by atoms with Crippen molar-refractivity contribution in [2.75, 3.05) is 7.05 Å². The van der Waals surface area contributed by atoms with Gasteiger partial charge in [-0.15, -0.1) is 0 Å². The van der Waals surface area contributed by atoms with E-state index in [-0.39, 0.29) is 0 Å². The van der Waals surface area contributed by atoms with Crippen molar-refractivity contribution in [3.8, 4) is 0 Å². The van der Waals surface area contributed by atoms with Gasteiger partial charge < -0.3 is 5.32 Å². The molecule has 1 nitrogen and oxygen atoms in total. The third-order valence-electron chi connectivity index (χ3n) is 3.58. The van der Waals surface area contributed by atoms with E-state index in [0.717, 1.165) is 0 Å². The lowest BCUT2D eigenvalue weighted by Gasteiger charge is -2.23. The maximum Gasteiger partial charge on any atom is 0.0122 e. The molecule has 1 heteroatoms. The van der Waals surface area contributed by atoms with E-state index in [4.69, 9.17) is 0 Å². The molecule has 0 aliphatic rings. The van der Waals surface area contributed by atoms with Gasteiger partial charge in [0.25, 0.3) is 0 Å². The molecule has 0 fully saturated rings. The van der Waals surface area contributed by atoms with Crippen LogP contribution in [0.25, 0.3) is 0 Å². The van der Waals surface area contributed by atoms with E-state index in [1.165, 1.54) is 64.2 Å². The van der Waals surface area contributed by atoms with Gasteiger partial charge in [0.1, 0.15) is 0 Å². The first kappa shape index (κ1) is 16.0. The van der Waals surface area contributed by atoms with Crippen LogP contribution in [0.2, 0.25) is 0 Å². The molecule has 0 rings (SSSR count). The first-order valence-corrected chi connectivity index (χ1v) is 7.31. The zero-order valence-electron chi connectivity index (χ0n) is 12.1. The predicted octanol–water partition coefficient (Wildman–Crippen LogP) is 4.91. The third kappa shape index (κ3) is 10.5. The fraction of sp³-hybridized carbons (Fsp3) is 1.00. The number of rotatable bonds is 11. The number of hydrogen-bond acceptors (Lipinski definition) is 1. The van der Waals surface area contributed by atoms with Crippen LogP contribution >= 0.6 is 0 Å². The van der Waals surface area contributed by atoms with Crippen LogP contribution in [0.4, 0.5) is 0 Å². The monoisotopic (exact) mass is 227 g/mol. The highest BCUT2D eigenvalue weighted by atomic mass is 14.9. The molecule has 0 saturated carbocycles. The van der Waals surface area contributed by atoms with Gasteiger partial charge >= 0.3 is 0 Å². The zero-order valence-corrected chi connectivity index (χ0v) is 12.1. The van der Waals surface area contributed by atoms with Gasteiger partial charge in [-0.3, -0.25) is 0 Å². The van der Waals surface area contributed by atoms with Crippen LogP contribution in [-0.2, 0) is 0 Å². The minimum atomic E-state index is 0.334. The second-order valence-electron chi connectivity index (χ2n) is 5.71. The highest BCUT2D eigenvalue weighted by Gasteiger charge is 2.12. The van der Waals surface area contributed by atoms with Gasteiger partial charge in [-0.2, -0.15) is 0 Å². The Labute approximate surface area is 103 Å². The molecule has 98 valence electrons. The molecule has 0 aliphatic heterocycles.